The van der Waals surface area contributed by atoms with Crippen molar-refractivity contribution in [2.24, 2.45) is 5.92 Å². The highest BCUT2D eigenvalue weighted by molar-refractivity contribution is 6.11. The molecule has 23 heavy (non-hydrogen) atoms. The maximum atomic E-state index is 12.9. The quantitative estimate of drug-likeness (QED) is 0.751. The lowest BCUT2D eigenvalue weighted by Gasteiger charge is -2.25. The number of allylic oxidation sites excluding steroid dienone is 4. The zero-order valence-corrected chi connectivity index (χ0v) is 12.5. The van der Waals surface area contributed by atoms with Crippen molar-refractivity contribution in [3.63, 3.8) is 0 Å². The molecule has 2 heterocycles. The lowest BCUT2D eigenvalue weighted by Crippen LogP contribution is -2.25. The monoisotopic (exact) mass is 302 g/mol. The zero-order chi connectivity index (χ0) is 15.6. The first-order valence-corrected chi connectivity index (χ1v) is 7.95. The van der Waals surface area contributed by atoms with Crippen LogP contribution >= 0.6 is 0 Å². The second-order valence-corrected chi connectivity index (χ2v) is 6.49. The first-order valence-electron chi connectivity index (χ1n) is 7.95. The van der Waals surface area contributed by atoms with Gasteiger partial charge in [-0.2, -0.15) is 0 Å². The van der Waals surface area contributed by atoms with Crippen LogP contribution in [0.5, 0.6) is 0 Å². The van der Waals surface area contributed by atoms with Crippen LogP contribution in [0, 0.1) is 5.92 Å². The number of carbonyl (C=O) groups excluding carboxylic acids is 2. The minimum absolute atomic E-state index is 0.124. The first kappa shape index (κ1) is 12.9. The molecular formula is C19H14N2O2. The summed E-state index contributed by atoms with van der Waals surface area (Å²) in [4.78, 5) is 33.6. The fourth-order valence-electron chi connectivity index (χ4n) is 4.00. The molecule has 0 amide bonds. The van der Waals surface area contributed by atoms with E-state index >= 15 is 0 Å². The Morgan fingerprint density at radius 2 is 2.09 bits per heavy atom. The van der Waals surface area contributed by atoms with Crippen LogP contribution in [0.2, 0.25) is 0 Å². The Morgan fingerprint density at radius 3 is 3.00 bits per heavy atom. The Labute approximate surface area is 132 Å². The van der Waals surface area contributed by atoms with Crippen LogP contribution in [0.15, 0.2) is 41.6 Å². The number of hydrogen-bond donors (Lipinski definition) is 0. The molecule has 112 valence electrons. The lowest BCUT2D eigenvalue weighted by molar-refractivity contribution is -0.119. The van der Waals surface area contributed by atoms with E-state index in [9.17, 15) is 9.59 Å². The summed E-state index contributed by atoms with van der Waals surface area (Å²) in [7, 11) is 0. The third kappa shape index (κ3) is 1.78. The van der Waals surface area contributed by atoms with Gasteiger partial charge >= 0.3 is 0 Å². The van der Waals surface area contributed by atoms with Gasteiger partial charge in [0.1, 0.15) is 5.78 Å². The number of hydrogen-bond acceptors (Lipinski definition) is 4. The maximum absolute atomic E-state index is 12.9. The molecule has 0 saturated carbocycles. The topological polar surface area (TPSA) is 59.9 Å². The van der Waals surface area contributed by atoms with Crippen molar-refractivity contribution in [1.29, 1.82) is 0 Å². The Morgan fingerprint density at radius 1 is 1.17 bits per heavy atom. The second kappa shape index (κ2) is 4.44. The van der Waals surface area contributed by atoms with Crippen LogP contribution in [0.4, 0.5) is 0 Å². The standard InChI is InChI=1S/C19H14N2O2/c22-13-3-4-14-11(7-13)8-15-16(18(14)23)9-12-6-10-2-1-5-20-19(10)21-17(12)15/h1-2,5-6,8,16H,3-4,7,9H2. The molecule has 3 aliphatic rings. The van der Waals surface area contributed by atoms with Crippen molar-refractivity contribution in [3.05, 3.63) is 52.9 Å². The van der Waals surface area contributed by atoms with Crippen LogP contribution in [0.1, 0.15) is 30.5 Å². The number of nitrogens with zero attached hydrogens (tertiary/aromatic N) is 2. The fraction of sp³-hybridized carbons (Fsp3) is 0.263. The number of carbonyl (C=O) groups is 2. The number of fused-ring (bicyclic) bond motifs is 4. The van der Waals surface area contributed by atoms with Crippen LogP contribution in [-0.4, -0.2) is 21.5 Å². The molecule has 0 aliphatic heterocycles. The molecule has 0 radical (unpaired) electrons. The molecule has 4 nitrogen and oxygen atoms in total. The Bertz CT molecular complexity index is 968. The number of Topliss-reactive ketones (excluding diaryl/α,β-unsaturated/α-hetero) is 2. The molecule has 1 unspecified atom stereocenters. The van der Waals surface area contributed by atoms with Crippen LogP contribution < -0.4 is 0 Å². The SMILES string of the molecule is O=C1CCC2=C(C=C3c4nc5ncccc5cc4CC3C2=O)C1. The van der Waals surface area contributed by atoms with Gasteiger partial charge in [-0.15, -0.1) is 0 Å². The fourth-order valence-corrected chi connectivity index (χ4v) is 4.00. The molecule has 0 aromatic carbocycles. The van der Waals surface area contributed by atoms with Crippen molar-refractivity contribution < 1.29 is 9.59 Å². The second-order valence-electron chi connectivity index (χ2n) is 6.49. The van der Waals surface area contributed by atoms with Gasteiger partial charge in [-0.3, -0.25) is 9.59 Å². The smallest absolute Gasteiger partial charge is 0.167 e. The Hall–Kier alpha value is -2.62. The van der Waals surface area contributed by atoms with Crippen molar-refractivity contribution in [1.82, 2.24) is 9.97 Å². The van der Waals surface area contributed by atoms with Gasteiger partial charge in [0.25, 0.3) is 0 Å². The van der Waals surface area contributed by atoms with Gasteiger partial charge in [0.2, 0.25) is 0 Å². The van der Waals surface area contributed by atoms with E-state index in [0.29, 0.717) is 31.3 Å². The van der Waals surface area contributed by atoms with Gasteiger partial charge in [-0.1, -0.05) is 6.08 Å². The highest BCUT2D eigenvalue weighted by Crippen LogP contribution is 2.44. The summed E-state index contributed by atoms with van der Waals surface area (Å²) in [6, 6.07) is 5.99. The van der Waals surface area contributed by atoms with E-state index in [4.69, 9.17) is 4.98 Å². The van der Waals surface area contributed by atoms with Gasteiger partial charge in [-0.25, -0.2) is 9.97 Å². The molecular weight excluding hydrogens is 288 g/mol. The van der Waals surface area contributed by atoms with Crippen molar-refractivity contribution in [2.75, 3.05) is 0 Å². The van der Waals surface area contributed by atoms with Crippen molar-refractivity contribution in [2.45, 2.75) is 25.7 Å². The van der Waals surface area contributed by atoms with Gasteiger partial charge in [-0.05, 0) is 53.3 Å². The molecule has 1 atom stereocenters. The number of aromatic nitrogens is 2. The largest absolute Gasteiger partial charge is 0.299 e. The minimum atomic E-state index is -0.124. The summed E-state index contributed by atoms with van der Waals surface area (Å²) >= 11 is 0. The van der Waals surface area contributed by atoms with E-state index < -0.39 is 0 Å². The number of pyridine rings is 2. The Kier molecular flexibility index (Phi) is 2.49. The predicted octanol–water partition coefficient (Wildman–Crippen LogP) is 2.82. The summed E-state index contributed by atoms with van der Waals surface area (Å²) in [5.74, 6) is 0.291. The average molecular weight is 302 g/mol. The molecule has 4 heteroatoms. The minimum Gasteiger partial charge on any atom is -0.299 e. The summed E-state index contributed by atoms with van der Waals surface area (Å²) < 4.78 is 0. The van der Waals surface area contributed by atoms with E-state index in [1.54, 1.807) is 6.20 Å². The van der Waals surface area contributed by atoms with Gasteiger partial charge in [0.05, 0.1) is 11.6 Å². The molecule has 0 fully saturated rings. The summed E-state index contributed by atoms with van der Waals surface area (Å²) in [6.07, 6.45) is 5.97. The van der Waals surface area contributed by atoms with E-state index in [0.717, 1.165) is 33.4 Å². The summed E-state index contributed by atoms with van der Waals surface area (Å²) in [5.41, 5.74) is 5.47. The molecule has 0 N–H and O–H groups in total. The van der Waals surface area contributed by atoms with E-state index in [1.165, 1.54) is 0 Å². The van der Waals surface area contributed by atoms with Crippen molar-refractivity contribution >= 4 is 28.2 Å². The zero-order valence-electron chi connectivity index (χ0n) is 12.5. The number of ketones is 2. The van der Waals surface area contributed by atoms with Gasteiger partial charge in [0.15, 0.2) is 11.4 Å². The average Bonchev–Trinajstić information content (AvgIpc) is 2.91. The van der Waals surface area contributed by atoms with Crippen LogP contribution in [-0.2, 0) is 16.0 Å². The molecule has 2 aromatic rings. The van der Waals surface area contributed by atoms with E-state index in [-0.39, 0.29) is 17.5 Å². The molecule has 0 saturated heterocycles. The molecule has 0 bridgehead atoms. The Balaban J connectivity index is 1.71. The first-order chi connectivity index (χ1) is 11.2. The van der Waals surface area contributed by atoms with Crippen molar-refractivity contribution in [3.8, 4) is 0 Å². The highest BCUT2D eigenvalue weighted by atomic mass is 16.1. The van der Waals surface area contributed by atoms with Gasteiger partial charge < -0.3 is 0 Å². The highest BCUT2D eigenvalue weighted by Gasteiger charge is 2.40. The van der Waals surface area contributed by atoms with E-state index in [1.807, 2.05) is 18.2 Å². The summed E-state index contributed by atoms with van der Waals surface area (Å²) in [6.45, 7) is 0. The predicted molar refractivity (Wildman–Crippen MR) is 85.6 cm³/mol. The molecule has 5 rings (SSSR count). The normalized spacial score (nSPS) is 22.8. The molecule has 0 spiro atoms. The lowest BCUT2D eigenvalue weighted by atomic mass is 9.77. The molecule has 3 aliphatic carbocycles. The van der Waals surface area contributed by atoms with Gasteiger partial charge in [0, 0.05) is 24.4 Å². The van der Waals surface area contributed by atoms with Crippen LogP contribution in [0.25, 0.3) is 16.6 Å². The third-order valence-corrected chi connectivity index (χ3v) is 5.11. The molecule has 2 aromatic heterocycles. The van der Waals surface area contributed by atoms with E-state index in [2.05, 4.69) is 11.1 Å². The third-order valence-electron chi connectivity index (χ3n) is 5.11. The number of rotatable bonds is 0. The summed E-state index contributed by atoms with van der Waals surface area (Å²) in [5, 5.41) is 1.01. The maximum Gasteiger partial charge on any atom is 0.167 e. The van der Waals surface area contributed by atoms with Crippen LogP contribution in [0.3, 0.4) is 0 Å².